The van der Waals surface area contributed by atoms with Crippen LogP contribution in [0, 0.1) is 0 Å². The number of hydrogen-bond donors (Lipinski definition) is 2. The van der Waals surface area contributed by atoms with E-state index in [1.165, 1.54) is 19.4 Å². The van der Waals surface area contributed by atoms with E-state index in [0.717, 1.165) is 19.6 Å². The second-order valence-corrected chi connectivity index (χ2v) is 2.99. The van der Waals surface area contributed by atoms with E-state index < -0.39 is 0 Å². The van der Waals surface area contributed by atoms with Crippen LogP contribution in [0.25, 0.3) is 0 Å². The van der Waals surface area contributed by atoms with Crippen molar-refractivity contribution in [3.8, 4) is 0 Å². The van der Waals surface area contributed by atoms with Gasteiger partial charge in [0.15, 0.2) is 0 Å². The molecule has 1 fully saturated rings. The van der Waals surface area contributed by atoms with Crippen LogP contribution in [0.4, 0.5) is 0 Å². The number of likely N-dealkylation sites (tertiary alicyclic amines) is 1. The molecule has 0 aromatic carbocycles. The molecular formula is C7H17N3. The van der Waals surface area contributed by atoms with Crippen LogP contribution < -0.4 is 11.5 Å². The smallest absolute Gasteiger partial charge is 0.0168 e. The van der Waals surface area contributed by atoms with Gasteiger partial charge in [-0.1, -0.05) is 0 Å². The first-order valence-corrected chi connectivity index (χ1v) is 4.01. The van der Waals surface area contributed by atoms with Gasteiger partial charge in [0.2, 0.25) is 0 Å². The minimum absolute atomic E-state index is 0.389. The van der Waals surface area contributed by atoms with Crippen LogP contribution in [-0.2, 0) is 0 Å². The van der Waals surface area contributed by atoms with E-state index >= 15 is 0 Å². The van der Waals surface area contributed by atoms with Gasteiger partial charge in [-0.15, -0.1) is 0 Å². The Morgan fingerprint density at radius 2 is 2.30 bits per heavy atom. The molecule has 4 N–H and O–H groups in total. The summed E-state index contributed by atoms with van der Waals surface area (Å²) < 4.78 is 0. The number of rotatable bonds is 2. The Labute approximate surface area is 62.4 Å². The molecular weight excluding hydrogens is 126 g/mol. The van der Waals surface area contributed by atoms with Gasteiger partial charge in [0.1, 0.15) is 0 Å². The third kappa shape index (κ3) is 2.25. The topological polar surface area (TPSA) is 55.3 Å². The Bertz CT molecular complexity index is 92.9. The molecule has 3 heteroatoms. The number of nitrogens with two attached hydrogens (primary N) is 2. The lowest BCUT2D eigenvalue weighted by Crippen LogP contribution is -2.44. The van der Waals surface area contributed by atoms with Gasteiger partial charge in [-0.3, -0.25) is 0 Å². The lowest BCUT2D eigenvalue weighted by atomic mass is 10.1. The molecule has 60 valence electrons. The van der Waals surface area contributed by atoms with Crippen LogP contribution in [0.5, 0.6) is 0 Å². The number of nitrogens with zero attached hydrogens (tertiary/aromatic N) is 1. The van der Waals surface area contributed by atoms with Gasteiger partial charge in [-0.25, -0.2) is 0 Å². The fourth-order valence-corrected chi connectivity index (χ4v) is 1.48. The summed E-state index contributed by atoms with van der Waals surface area (Å²) in [6.45, 7) is 3.99. The van der Waals surface area contributed by atoms with E-state index in [-0.39, 0.29) is 0 Å². The van der Waals surface area contributed by atoms with Crippen LogP contribution in [0.1, 0.15) is 12.8 Å². The van der Waals surface area contributed by atoms with Crippen LogP contribution in [0.3, 0.4) is 0 Å². The normalized spacial score (nSPS) is 28.8. The van der Waals surface area contributed by atoms with E-state index in [2.05, 4.69) is 4.90 Å². The SMILES string of the molecule is NCCN1CCC[C@@H](N)C1. The van der Waals surface area contributed by atoms with Gasteiger partial charge in [-0.05, 0) is 19.4 Å². The molecule has 0 aromatic rings. The Morgan fingerprint density at radius 3 is 2.90 bits per heavy atom. The molecule has 1 rings (SSSR count). The maximum Gasteiger partial charge on any atom is 0.0168 e. The summed E-state index contributed by atoms with van der Waals surface area (Å²) in [6.07, 6.45) is 2.42. The summed E-state index contributed by atoms with van der Waals surface area (Å²) in [5.74, 6) is 0. The molecule has 0 amide bonds. The zero-order valence-electron chi connectivity index (χ0n) is 6.42. The molecule has 1 aliphatic heterocycles. The van der Waals surface area contributed by atoms with E-state index in [1.807, 2.05) is 0 Å². The van der Waals surface area contributed by atoms with Gasteiger partial charge < -0.3 is 16.4 Å². The maximum absolute atomic E-state index is 5.77. The highest BCUT2D eigenvalue weighted by Crippen LogP contribution is 2.06. The van der Waals surface area contributed by atoms with Crippen molar-refractivity contribution in [2.75, 3.05) is 26.2 Å². The summed E-state index contributed by atoms with van der Waals surface area (Å²) in [5.41, 5.74) is 11.2. The first-order valence-electron chi connectivity index (χ1n) is 4.01. The largest absolute Gasteiger partial charge is 0.329 e. The van der Waals surface area contributed by atoms with Crippen molar-refractivity contribution >= 4 is 0 Å². The third-order valence-corrected chi connectivity index (χ3v) is 1.99. The minimum Gasteiger partial charge on any atom is -0.329 e. The molecule has 0 radical (unpaired) electrons. The van der Waals surface area contributed by atoms with E-state index in [0.29, 0.717) is 6.04 Å². The maximum atomic E-state index is 5.77. The molecule has 1 heterocycles. The highest BCUT2D eigenvalue weighted by atomic mass is 15.1. The quantitative estimate of drug-likeness (QED) is 0.541. The number of hydrogen-bond acceptors (Lipinski definition) is 3. The van der Waals surface area contributed by atoms with Gasteiger partial charge in [0, 0.05) is 25.7 Å². The van der Waals surface area contributed by atoms with Gasteiger partial charge in [0.25, 0.3) is 0 Å². The molecule has 0 unspecified atom stereocenters. The second-order valence-electron chi connectivity index (χ2n) is 2.99. The fourth-order valence-electron chi connectivity index (χ4n) is 1.48. The van der Waals surface area contributed by atoms with E-state index in [4.69, 9.17) is 11.5 Å². The Kier molecular flexibility index (Phi) is 3.12. The zero-order valence-corrected chi connectivity index (χ0v) is 6.42. The van der Waals surface area contributed by atoms with Crippen molar-refractivity contribution in [2.24, 2.45) is 11.5 Å². The summed E-state index contributed by atoms with van der Waals surface area (Å²) in [4.78, 5) is 2.34. The molecule has 1 atom stereocenters. The Morgan fingerprint density at radius 1 is 1.50 bits per heavy atom. The van der Waals surface area contributed by atoms with Crippen LogP contribution in [-0.4, -0.2) is 37.1 Å². The van der Waals surface area contributed by atoms with Crippen molar-refractivity contribution < 1.29 is 0 Å². The highest BCUT2D eigenvalue weighted by molar-refractivity contribution is 4.74. The highest BCUT2D eigenvalue weighted by Gasteiger charge is 2.14. The summed E-state index contributed by atoms with van der Waals surface area (Å²) in [5, 5.41) is 0. The fraction of sp³-hybridized carbons (Fsp3) is 1.00. The Hall–Kier alpha value is -0.120. The van der Waals surface area contributed by atoms with Crippen molar-refractivity contribution in [3.05, 3.63) is 0 Å². The van der Waals surface area contributed by atoms with Gasteiger partial charge in [-0.2, -0.15) is 0 Å². The molecule has 3 nitrogen and oxygen atoms in total. The van der Waals surface area contributed by atoms with E-state index in [1.54, 1.807) is 0 Å². The first kappa shape index (κ1) is 7.98. The lowest BCUT2D eigenvalue weighted by Gasteiger charge is -2.29. The van der Waals surface area contributed by atoms with Gasteiger partial charge in [0.05, 0.1) is 0 Å². The van der Waals surface area contributed by atoms with Crippen LogP contribution in [0.15, 0.2) is 0 Å². The standard InChI is InChI=1S/C7H17N3/c8-3-5-10-4-1-2-7(9)6-10/h7H,1-6,8-9H2/t7-/m1/s1. The van der Waals surface area contributed by atoms with Gasteiger partial charge >= 0.3 is 0 Å². The van der Waals surface area contributed by atoms with Crippen molar-refractivity contribution in [3.63, 3.8) is 0 Å². The van der Waals surface area contributed by atoms with Crippen molar-refractivity contribution in [2.45, 2.75) is 18.9 Å². The average Bonchev–Trinajstić information content (AvgIpc) is 1.88. The predicted octanol–water partition coefficient (Wildman–Crippen LogP) is -0.632. The summed E-state index contributed by atoms with van der Waals surface area (Å²) >= 11 is 0. The molecule has 0 aliphatic carbocycles. The molecule has 1 saturated heterocycles. The predicted molar refractivity (Wildman–Crippen MR) is 42.7 cm³/mol. The van der Waals surface area contributed by atoms with E-state index in [9.17, 15) is 0 Å². The Balaban J connectivity index is 2.18. The average molecular weight is 143 g/mol. The van der Waals surface area contributed by atoms with Crippen molar-refractivity contribution in [1.82, 2.24) is 4.90 Å². The zero-order chi connectivity index (χ0) is 7.40. The molecule has 0 spiro atoms. The first-order chi connectivity index (χ1) is 4.83. The van der Waals surface area contributed by atoms with Crippen LogP contribution in [0.2, 0.25) is 0 Å². The van der Waals surface area contributed by atoms with Crippen LogP contribution >= 0.6 is 0 Å². The summed E-state index contributed by atoms with van der Waals surface area (Å²) in [6, 6.07) is 0.389. The minimum atomic E-state index is 0.389. The monoisotopic (exact) mass is 143 g/mol. The second kappa shape index (κ2) is 3.91. The molecule has 0 aromatic heterocycles. The summed E-state index contributed by atoms with van der Waals surface area (Å²) in [7, 11) is 0. The molecule has 0 saturated carbocycles. The third-order valence-electron chi connectivity index (χ3n) is 1.99. The molecule has 1 aliphatic rings. The lowest BCUT2D eigenvalue weighted by molar-refractivity contribution is 0.214. The molecule has 10 heavy (non-hydrogen) atoms. The number of piperidine rings is 1. The van der Waals surface area contributed by atoms with Crippen molar-refractivity contribution in [1.29, 1.82) is 0 Å². The molecule has 0 bridgehead atoms.